The van der Waals surface area contributed by atoms with E-state index < -0.39 is 10.0 Å². The fraction of sp³-hybridized carbons (Fsp3) is 0.259. The highest BCUT2D eigenvalue weighted by molar-refractivity contribution is 7.92. The van der Waals surface area contributed by atoms with Gasteiger partial charge < -0.3 is 19.6 Å². The monoisotopic (exact) mass is 521 g/mol. The Hall–Kier alpha value is -3.89. The van der Waals surface area contributed by atoms with Gasteiger partial charge >= 0.3 is 0 Å². The van der Waals surface area contributed by atoms with E-state index in [1.54, 1.807) is 21.9 Å². The molecule has 1 fully saturated rings. The third-order valence-electron chi connectivity index (χ3n) is 6.54. The van der Waals surface area contributed by atoms with Crippen LogP contribution < -0.4 is 9.62 Å². The molecule has 0 aromatic heterocycles. The van der Waals surface area contributed by atoms with E-state index in [2.05, 4.69) is 4.72 Å². The maximum absolute atomic E-state index is 13.3. The third kappa shape index (κ3) is 5.30. The first kappa shape index (κ1) is 24.8. The Balaban J connectivity index is 1.35. The van der Waals surface area contributed by atoms with Crippen molar-refractivity contribution in [1.29, 1.82) is 0 Å². The van der Waals surface area contributed by atoms with Gasteiger partial charge in [0.2, 0.25) is 10.0 Å². The molecule has 2 N–H and O–H groups in total. The molecule has 192 valence electrons. The Morgan fingerprint density at radius 1 is 0.946 bits per heavy atom. The molecule has 0 aliphatic carbocycles. The van der Waals surface area contributed by atoms with E-state index in [0.717, 1.165) is 22.9 Å². The van der Waals surface area contributed by atoms with Gasteiger partial charge in [-0.1, -0.05) is 24.3 Å². The van der Waals surface area contributed by atoms with Crippen LogP contribution in [0.15, 0.2) is 60.7 Å². The Labute approximate surface area is 215 Å². The number of rotatable bonds is 5. The molecular weight excluding hydrogens is 494 g/mol. The van der Waals surface area contributed by atoms with Crippen molar-refractivity contribution < 1.29 is 27.9 Å². The molecule has 2 aliphatic heterocycles. The second kappa shape index (κ2) is 9.87. The van der Waals surface area contributed by atoms with Crippen molar-refractivity contribution >= 4 is 33.2 Å². The van der Waals surface area contributed by atoms with Gasteiger partial charge in [-0.05, 0) is 59.5 Å². The lowest BCUT2D eigenvalue weighted by Crippen LogP contribution is -2.40. The summed E-state index contributed by atoms with van der Waals surface area (Å²) in [5.41, 5.74) is 4.53. The second-order valence-corrected chi connectivity index (χ2v) is 10.9. The molecule has 3 aromatic carbocycles. The summed E-state index contributed by atoms with van der Waals surface area (Å²) in [7, 11) is -3.59. The van der Waals surface area contributed by atoms with Crippen molar-refractivity contribution in [2.24, 2.45) is 0 Å². The van der Waals surface area contributed by atoms with Gasteiger partial charge in [0.1, 0.15) is 5.75 Å². The summed E-state index contributed by atoms with van der Waals surface area (Å²) in [5, 5.41) is 10.0. The number of hydrogen-bond donors (Lipinski definition) is 2. The quantitative estimate of drug-likeness (QED) is 0.499. The summed E-state index contributed by atoms with van der Waals surface area (Å²) < 4.78 is 30.8. The SMILES string of the molecule is CS(=O)(=O)Nc1cc(N2CCc3cc(-c4ccc(C(=O)N5CCOCC5)cc4)ccc3C2=O)ccc1O. The van der Waals surface area contributed by atoms with Crippen molar-refractivity contribution in [2.75, 3.05) is 48.7 Å². The van der Waals surface area contributed by atoms with Gasteiger partial charge in [-0.25, -0.2) is 8.42 Å². The van der Waals surface area contributed by atoms with Crippen molar-refractivity contribution in [3.63, 3.8) is 0 Å². The molecule has 0 unspecified atom stereocenters. The molecule has 0 atom stereocenters. The highest BCUT2D eigenvalue weighted by Gasteiger charge is 2.27. The standard InChI is InChI=1S/C27H27N3O6S/c1-37(34,35)28-24-17-22(7-9-25(24)31)30-11-10-21-16-20(6-8-23(21)27(30)33)18-2-4-19(5-3-18)26(32)29-12-14-36-15-13-29/h2-9,16-17,28,31H,10-15H2,1H3. The van der Waals surface area contributed by atoms with Crippen LogP contribution in [0.25, 0.3) is 11.1 Å². The summed E-state index contributed by atoms with van der Waals surface area (Å²) in [6, 6.07) is 17.6. The number of morpholine rings is 1. The number of benzene rings is 3. The molecule has 2 aliphatic rings. The zero-order chi connectivity index (χ0) is 26.2. The number of carbonyl (C=O) groups is 2. The predicted octanol–water partition coefficient (Wildman–Crippen LogP) is 3.11. The van der Waals surface area contributed by atoms with Crippen LogP contribution in [0.1, 0.15) is 26.3 Å². The van der Waals surface area contributed by atoms with E-state index in [0.29, 0.717) is 56.1 Å². The first-order valence-electron chi connectivity index (χ1n) is 11.9. The molecule has 5 rings (SSSR count). The zero-order valence-electron chi connectivity index (χ0n) is 20.3. The number of carbonyl (C=O) groups excluding carboxylic acids is 2. The highest BCUT2D eigenvalue weighted by atomic mass is 32.2. The number of ether oxygens (including phenoxy) is 1. The number of phenols is 1. The largest absolute Gasteiger partial charge is 0.506 e. The Bertz CT molecular complexity index is 1460. The van der Waals surface area contributed by atoms with Gasteiger partial charge in [-0.2, -0.15) is 0 Å². The van der Waals surface area contributed by atoms with E-state index in [1.165, 1.54) is 12.1 Å². The molecule has 0 radical (unpaired) electrons. The van der Waals surface area contributed by atoms with Gasteiger partial charge in [0.25, 0.3) is 11.8 Å². The number of hydrogen-bond acceptors (Lipinski definition) is 6. The molecular formula is C27H27N3O6S. The summed E-state index contributed by atoms with van der Waals surface area (Å²) in [6.07, 6.45) is 1.60. The van der Waals surface area contributed by atoms with Crippen molar-refractivity contribution in [1.82, 2.24) is 4.90 Å². The minimum atomic E-state index is -3.59. The minimum absolute atomic E-state index is 0.00453. The summed E-state index contributed by atoms with van der Waals surface area (Å²) >= 11 is 0. The fourth-order valence-corrected chi connectivity index (χ4v) is 5.20. The minimum Gasteiger partial charge on any atom is -0.506 e. The first-order valence-corrected chi connectivity index (χ1v) is 13.8. The van der Waals surface area contributed by atoms with Crippen LogP contribution in [0.5, 0.6) is 5.75 Å². The normalized spacial score (nSPS) is 15.9. The molecule has 0 saturated carbocycles. The lowest BCUT2D eigenvalue weighted by atomic mass is 9.93. The summed E-state index contributed by atoms with van der Waals surface area (Å²) in [5.74, 6) is -0.424. The van der Waals surface area contributed by atoms with E-state index in [9.17, 15) is 23.1 Å². The van der Waals surface area contributed by atoms with Crippen molar-refractivity contribution in [3.8, 4) is 16.9 Å². The van der Waals surface area contributed by atoms with Crippen LogP contribution in [0, 0.1) is 0 Å². The van der Waals surface area contributed by atoms with E-state index in [-0.39, 0.29) is 23.3 Å². The molecule has 2 amide bonds. The van der Waals surface area contributed by atoms with Crippen LogP contribution in [0.2, 0.25) is 0 Å². The van der Waals surface area contributed by atoms with Crippen LogP contribution in [0.3, 0.4) is 0 Å². The average Bonchev–Trinajstić information content (AvgIpc) is 2.89. The van der Waals surface area contributed by atoms with Crippen molar-refractivity contribution in [3.05, 3.63) is 77.4 Å². The maximum Gasteiger partial charge on any atom is 0.258 e. The molecule has 2 heterocycles. The van der Waals surface area contributed by atoms with Crippen LogP contribution in [0.4, 0.5) is 11.4 Å². The predicted molar refractivity (Wildman–Crippen MR) is 141 cm³/mol. The first-order chi connectivity index (χ1) is 17.7. The maximum atomic E-state index is 13.3. The second-order valence-electron chi connectivity index (χ2n) is 9.14. The van der Waals surface area contributed by atoms with E-state index >= 15 is 0 Å². The number of amides is 2. The average molecular weight is 522 g/mol. The van der Waals surface area contributed by atoms with Crippen molar-refractivity contribution in [2.45, 2.75) is 6.42 Å². The van der Waals surface area contributed by atoms with Gasteiger partial charge in [-0.15, -0.1) is 0 Å². The number of phenolic OH excluding ortho intramolecular Hbond substituents is 1. The molecule has 10 heteroatoms. The lowest BCUT2D eigenvalue weighted by molar-refractivity contribution is 0.0303. The molecule has 37 heavy (non-hydrogen) atoms. The van der Waals surface area contributed by atoms with E-state index in [4.69, 9.17) is 4.74 Å². The Morgan fingerprint density at radius 2 is 1.65 bits per heavy atom. The van der Waals surface area contributed by atoms with Gasteiger partial charge in [0.05, 0.1) is 25.2 Å². The molecule has 3 aromatic rings. The third-order valence-corrected chi connectivity index (χ3v) is 7.13. The number of sulfonamides is 1. The highest BCUT2D eigenvalue weighted by Crippen LogP contribution is 2.33. The van der Waals surface area contributed by atoms with Crippen LogP contribution in [-0.4, -0.2) is 69.3 Å². The van der Waals surface area contributed by atoms with Crippen LogP contribution in [-0.2, 0) is 21.2 Å². The Kier molecular flexibility index (Phi) is 6.61. The molecule has 1 saturated heterocycles. The number of anilines is 2. The summed E-state index contributed by atoms with van der Waals surface area (Å²) in [4.78, 5) is 29.4. The number of aromatic hydroxyl groups is 1. The number of fused-ring (bicyclic) bond motifs is 1. The molecule has 9 nitrogen and oxygen atoms in total. The van der Waals surface area contributed by atoms with Gasteiger partial charge in [-0.3, -0.25) is 14.3 Å². The Morgan fingerprint density at radius 3 is 2.35 bits per heavy atom. The summed E-state index contributed by atoms with van der Waals surface area (Å²) in [6.45, 7) is 2.71. The lowest BCUT2D eigenvalue weighted by Gasteiger charge is -2.29. The zero-order valence-corrected chi connectivity index (χ0v) is 21.1. The number of nitrogens with zero attached hydrogens (tertiary/aromatic N) is 2. The molecule has 0 spiro atoms. The topological polar surface area (TPSA) is 116 Å². The fourth-order valence-electron chi connectivity index (χ4n) is 4.64. The van der Waals surface area contributed by atoms with Crippen LogP contribution >= 0.6 is 0 Å². The molecule has 0 bridgehead atoms. The number of nitrogens with one attached hydrogen (secondary N) is 1. The van der Waals surface area contributed by atoms with Gasteiger partial charge in [0, 0.05) is 36.4 Å². The van der Waals surface area contributed by atoms with E-state index in [1.807, 2.05) is 36.4 Å². The van der Waals surface area contributed by atoms with Gasteiger partial charge in [0.15, 0.2) is 0 Å². The smallest absolute Gasteiger partial charge is 0.258 e.